The second kappa shape index (κ2) is 11.3. The van der Waals surface area contributed by atoms with E-state index in [-0.39, 0.29) is 0 Å². The molecule has 0 radical (unpaired) electrons. The summed E-state index contributed by atoms with van der Waals surface area (Å²) in [6.45, 7) is 0. The molecular weight excluding hydrogens is 631 g/mol. The molecule has 0 aliphatic heterocycles. The average molecular weight is 662 g/mol. The maximum Gasteiger partial charge on any atom is 0.0789 e. The summed E-state index contributed by atoms with van der Waals surface area (Å²) in [5, 5.41) is 8.50. The fraction of sp³-hybridized carbons (Fsp3) is 0. The molecule has 11 aromatic rings. The fourth-order valence-electron chi connectivity index (χ4n) is 8.34. The molecule has 52 heavy (non-hydrogen) atoms. The number of rotatable bonds is 4. The molecular formula is C49H31N3. The maximum atomic E-state index is 5.39. The normalized spacial score (nSPS) is 11.8. The minimum absolute atomic E-state index is 0.990. The Hall–Kier alpha value is -6.97. The first-order valence-corrected chi connectivity index (χ1v) is 17.8. The Kier molecular flexibility index (Phi) is 6.25. The van der Waals surface area contributed by atoms with Gasteiger partial charge in [-0.2, -0.15) is 0 Å². The number of pyridine rings is 1. The zero-order valence-electron chi connectivity index (χ0n) is 28.2. The smallest absolute Gasteiger partial charge is 0.0789 e. The predicted octanol–water partition coefficient (Wildman–Crippen LogP) is 12.9. The first-order chi connectivity index (χ1) is 25.8. The quantitative estimate of drug-likeness (QED) is 0.172. The van der Waals surface area contributed by atoms with E-state index in [1.165, 1.54) is 60.1 Å². The van der Waals surface area contributed by atoms with E-state index in [0.717, 1.165) is 38.9 Å². The second-order valence-corrected chi connectivity index (χ2v) is 13.6. The third-order valence-electron chi connectivity index (χ3n) is 10.7. The van der Waals surface area contributed by atoms with E-state index in [4.69, 9.17) is 4.98 Å². The van der Waals surface area contributed by atoms with E-state index in [9.17, 15) is 0 Å². The van der Waals surface area contributed by atoms with Crippen LogP contribution in [-0.2, 0) is 0 Å². The van der Waals surface area contributed by atoms with E-state index in [1.807, 2.05) is 0 Å². The molecule has 0 saturated heterocycles. The fourth-order valence-corrected chi connectivity index (χ4v) is 8.34. The molecule has 242 valence electrons. The van der Waals surface area contributed by atoms with Crippen LogP contribution in [0.3, 0.4) is 0 Å². The maximum absolute atomic E-state index is 5.39. The van der Waals surface area contributed by atoms with Gasteiger partial charge in [0.15, 0.2) is 0 Å². The van der Waals surface area contributed by atoms with E-state index in [0.29, 0.717) is 0 Å². The Balaban J connectivity index is 1.15. The van der Waals surface area contributed by atoms with Crippen LogP contribution in [0.25, 0.3) is 99.0 Å². The van der Waals surface area contributed by atoms with Crippen molar-refractivity contribution in [3.05, 3.63) is 188 Å². The molecule has 3 heterocycles. The van der Waals surface area contributed by atoms with Gasteiger partial charge in [0.1, 0.15) is 0 Å². The van der Waals surface area contributed by atoms with Crippen LogP contribution in [0, 0.1) is 0 Å². The second-order valence-electron chi connectivity index (χ2n) is 13.6. The first kappa shape index (κ1) is 28.8. The number of benzene rings is 8. The van der Waals surface area contributed by atoms with Crippen LogP contribution < -0.4 is 0 Å². The van der Waals surface area contributed by atoms with Gasteiger partial charge in [-0.15, -0.1) is 0 Å². The van der Waals surface area contributed by atoms with Crippen LogP contribution in [0.5, 0.6) is 0 Å². The van der Waals surface area contributed by atoms with Crippen molar-refractivity contribution < 1.29 is 0 Å². The highest BCUT2D eigenvalue weighted by Gasteiger charge is 2.18. The molecule has 0 unspecified atom stereocenters. The van der Waals surface area contributed by atoms with Crippen LogP contribution in [0.4, 0.5) is 0 Å². The van der Waals surface area contributed by atoms with E-state index >= 15 is 0 Å². The molecule has 0 aliphatic carbocycles. The zero-order valence-corrected chi connectivity index (χ0v) is 28.2. The summed E-state index contributed by atoms with van der Waals surface area (Å²) in [5.74, 6) is 0. The minimum Gasteiger partial charge on any atom is -0.309 e. The van der Waals surface area contributed by atoms with Crippen molar-refractivity contribution in [3.8, 4) is 33.8 Å². The number of hydrogen-bond acceptors (Lipinski definition) is 1. The number of hydrogen-bond donors (Lipinski definition) is 0. The van der Waals surface area contributed by atoms with E-state index < -0.39 is 0 Å². The molecule has 0 spiro atoms. The molecule has 0 amide bonds. The standard InChI is InChI=1S/C49H31N3/c1-3-16-35(17-4-1)51-45-24-11-8-21-38(45)41-29-33(26-27-47(41)51)32-14-13-15-34(28-32)49-43-31-48-42(30-40(43)37-20-7-10-23-44(37)50-49)39-22-9-12-25-46(39)52(48)36-18-5-2-6-19-36/h1-31H. The van der Waals surface area contributed by atoms with Crippen molar-refractivity contribution in [2.75, 3.05) is 0 Å². The van der Waals surface area contributed by atoms with Gasteiger partial charge in [-0.3, -0.25) is 0 Å². The summed E-state index contributed by atoms with van der Waals surface area (Å²) in [7, 11) is 0. The van der Waals surface area contributed by atoms with Gasteiger partial charge in [-0.05, 0) is 89.3 Å². The molecule has 0 atom stereocenters. The van der Waals surface area contributed by atoms with Crippen LogP contribution in [-0.4, -0.2) is 14.1 Å². The lowest BCUT2D eigenvalue weighted by atomic mass is 9.95. The molecule has 3 heteroatoms. The molecule has 8 aromatic carbocycles. The van der Waals surface area contributed by atoms with E-state index in [2.05, 4.69) is 197 Å². The zero-order chi connectivity index (χ0) is 34.2. The molecule has 11 rings (SSSR count). The first-order valence-electron chi connectivity index (χ1n) is 17.8. The summed E-state index contributed by atoms with van der Waals surface area (Å²) in [5.41, 5.74) is 12.5. The van der Waals surface area contributed by atoms with Crippen LogP contribution in [0.1, 0.15) is 0 Å². The minimum atomic E-state index is 0.990. The summed E-state index contributed by atoms with van der Waals surface area (Å²) >= 11 is 0. The predicted molar refractivity (Wildman–Crippen MR) is 219 cm³/mol. The van der Waals surface area contributed by atoms with Gasteiger partial charge in [0.25, 0.3) is 0 Å². The highest BCUT2D eigenvalue weighted by molar-refractivity contribution is 6.20. The van der Waals surface area contributed by atoms with Crippen molar-refractivity contribution in [2.24, 2.45) is 0 Å². The van der Waals surface area contributed by atoms with E-state index in [1.54, 1.807) is 0 Å². The van der Waals surface area contributed by atoms with Gasteiger partial charge >= 0.3 is 0 Å². The summed E-state index contributed by atoms with van der Waals surface area (Å²) in [6.07, 6.45) is 0. The third kappa shape index (κ3) is 4.30. The van der Waals surface area contributed by atoms with Crippen LogP contribution in [0.2, 0.25) is 0 Å². The largest absolute Gasteiger partial charge is 0.309 e. The Bertz CT molecular complexity index is 3170. The highest BCUT2D eigenvalue weighted by Crippen LogP contribution is 2.41. The third-order valence-corrected chi connectivity index (χ3v) is 10.7. The lowest BCUT2D eigenvalue weighted by molar-refractivity contribution is 1.18. The van der Waals surface area contributed by atoms with Crippen molar-refractivity contribution >= 4 is 65.3 Å². The van der Waals surface area contributed by atoms with Gasteiger partial charge in [0.2, 0.25) is 0 Å². The monoisotopic (exact) mass is 661 g/mol. The van der Waals surface area contributed by atoms with Crippen molar-refractivity contribution in [1.29, 1.82) is 0 Å². The number of fused-ring (bicyclic) bond motifs is 9. The molecule has 0 saturated carbocycles. The molecule has 0 N–H and O–H groups in total. The van der Waals surface area contributed by atoms with Crippen LogP contribution >= 0.6 is 0 Å². The molecule has 0 aliphatic rings. The molecule has 3 nitrogen and oxygen atoms in total. The Morgan fingerprint density at radius 1 is 0.288 bits per heavy atom. The SMILES string of the molecule is c1ccc(-n2c3ccccc3c3cc(-c4cccc(-c5nc6ccccc6c6cc7c8ccccc8n(-c8ccccc8)c7cc56)c4)ccc32)cc1. The lowest BCUT2D eigenvalue weighted by Gasteiger charge is -2.13. The highest BCUT2D eigenvalue weighted by atomic mass is 15.0. The molecule has 0 bridgehead atoms. The van der Waals surface area contributed by atoms with Gasteiger partial charge in [0.05, 0.1) is 33.3 Å². The van der Waals surface area contributed by atoms with Crippen LogP contribution in [0.15, 0.2) is 188 Å². The van der Waals surface area contributed by atoms with Crippen molar-refractivity contribution in [3.63, 3.8) is 0 Å². The number of aromatic nitrogens is 3. The summed E-state index contributed by atoms with van der Waals surface area (Å²) in [4.78, 5) is 5.39. The molecule has 3 aromatic heterocycles. The Labute approximate surface area is 300 Å². The van der Waals surface area contributed by atoms with Gasteiger partial charge < -0.3 is 9.13 Å². The van der Waals surface area contributed by atoms with Crippen molar-refractivity contribution in [2.45, 2.75) is 0 Å². The molecule has 0 fully saturated rings. The Morgan fingerprint density at radius 2 is 0.827 bits per heavy atom. The topological polar surface area (TPSA) is 22.8 Å². The van der Waals surface area contributed by atoms with Crippen molar-refractivity contribution in [1.82, 2.24) is 14.1 Å². The average Bonchev–Trinajstić information content (AvgIpc) is 3.72. The summed E-state index contributed by atoms with van der Waals surface area (Å²) in [6, 6.07) is 67.8. The van der Waals surface area contributed by atoms with Gasteiger partial charge in [-0.25, -0.2) is 4.98 Å². The number of para-hydroxylation sites is 5. The lowest BCUT2D eigenvalue weighted by Crippen LogP contribution is -1.94. The summed E-state index contributed by atoms with van der Waals surface area (Å²) < 4.78 is 4.76. The number of nitrogens with zero attached hydrogens (tertiary/aromatic N) is 3. The van der Waals surface area contributed by atoms with Gasteiger partial charge in [-0.1, -0.05) is 115 Å². The Morgan fingerprint density at radius 3 is 1.54 bits per heavy atom. The van der Waals surface area contributed by atoms with Gasteiger partial charge in [0, 0.05) is 49.3 Å².